The van der Waals surface area contributed by atoms with Crippen LogP contribution in [0.15, 0.2) is 125 Å². The van der Waals surface area contributed by atoms with E-state index in [2.05, 4.69) is 10.3 Å². The fraction of sp³-hybridized carbons (Fsp3) is 0.292. The van der Waals surface area contributed by atoms with Gasteiger partial charge in [0.15, 0.2) is 9.84 Å². The van der Waals surface area contributed by atoms with Crippen molar-refractivity contribution in [3.8, 4) is 39.8 Å². The number of sulfonamides is 1. The molecule has 5 aromatic carbocycles. The van der Waals surface area contributed by atoms with Gasteiger partial charge in [0, 0.05) is 50.3 Å². The van der Waals surface area contributed by atoms with Gasteiger partial charge in [-0.1, -0.05) is 54.6 Å². The number of tetrazole rings is 1. The molecule has 8 rings (SSSR count). The van der Waals surface area contributed by atoms with Crippen LogP contribution >= 0.6 is 0 Å². The number of ether oxygens (including phenoxy) is 4. The van der Waals surface area contributed by atoms with Crippen LogP contribution < -0.4 is 14.2 Å². The van der Waals surface area contributed by atoms with Crippen LogP contribution in [0.5, 0.6) is 17.2 Å². The van der Waals surface area contributed by atoms with E-state index in [1.54, 1.807) is 94.6 Å². The summed E-state index contributed by atoms with van der Waals surface area (Å²) >= 11 is 0. The van der Waals surface area contributed by atoms with Crippen molar-refractivity contribution in [3.63, 3.8) is 0 Å². The highest BCUT2D eigenvalue weighted by atomic mass is 32.2. The van der Waals surface area contributed by atoms with Crippen molar-refractivity contribution in [2.24, 2.45) is 7.05 Å². The molecule has 0 N–H and O–H groups in total. The normalized spacial score (nSPS) is 13.5. The van der Waals surface area contributed by atoms with Gasteiger partial charge in [-0.25, -0.2) is 21.6 Å². The van der Waals surface area contributed by atoms with Crippen LogP contribution in [-0.4, -0.2) is 102 Å². The standard InChI is InChI=1S/C48H51N7O9S2/c1-48(2,3)64-47(56)53-30-38(31-53)65(57,58)43-24-23-41(39-9-8-10-42-40(39)25-26-52(42)4)44(46-49-51-55(50-46)29-34-15-21-37(63-7)22-16-34)45(43)66(59,60)54(27-32-11-17-35(61-5)18-12-32)28-33-13-19-36(62-6)20-14-33/h8-26,38H,27-31H2,1-7H3. The lowest BCUT2D eigenvalue weighted by atomic mass is 9.96. The summed E-state index contributed by atoms with van der Waals surface area (Å²) in [6, 6.07) is 31.8. The Bertz CT molecular complexity index is 3050. The number of nitrogens with zero attached hydrogens (tertiary/aromatic N) is 7. The molecule has 1 amide bonds. The number of fused-ring (bicyclic) bond motifs is 1. The number of hydrogen-bond acceptors (Lipinski definition) is 12. The number of rotatable bonds is 15. The molecule has 0 spiro atoms. The van der Waals surface area contributed by atoms with E-state index >= 15 is 16.8 Å². The predicted molar refractivity (Wildman–Crippen MR) is 248 cm³/mol. The number of likely N-dealkylation sites (tertiary alicyclic amines) is 1. The van der Waals surface area contributed by atoms with Gasteiger partial charge in [-0.3, -0.25) is 0 Å². The lowest BCUT2D eigenvalue weighted by Crippen LogP contribution is -2.57. The fourth-order valence-corrected chi connectivity index (χ4v) is 11.9. The molecular formula is C48H51N7O9S2. The van der Waals surface area contributed by atoms with E-state index in [1.165, 1.54) is 34.3 Å². The molecule has 2 aromatic heterocycles. The second-order valence-corrected chi connectivity index (χ2v) is 21.1. The number of aromatic nitrogens is 5. The Morgan fingerprint density at radius 2 is 1.29 bits per heavy atom. The van der Waals surface area contributed by atoms with Gasteiger partial charge in [0.2, 0.25) is 15.8 Å². The van der Waals surface area contributed by atoms with Gasteiger partial charge in [-0.15, -0.1) is 10.2 Å². The summed E-state index contributed by atoms with van der Waals surface area (Å²) in [5.74, 6) is 1.70. The molecule has 66 heavy (non-hydrogen) atoms. The number of amides is 1. The van der Waals surface area contributed by atoms with Crippen LogP contribution in [0.1, 0.15) is 37.5 Å². The van der Waals surface area contributed by atoms with Crippen molar-refractivity contribution in [1.82, 2.24) is 34.0 Å². The van der Waals surface area contributed by atoms with Crippen LogP contribution in [0.25, 0.3) is 33.4 Å². The molecule has 1 fully saturated rings. The molecule has 7 aromatic rings. The lowest BCUT2D eigenvalue weighted by molar-refractivity contribution is 0.0139. The SMILES string of the molecule is COc1ccc(CN(Cc2ccc(OC)cc2)S(=O)(=O)c2c(S(=O)(=O)C3CN(C(=O)OC(C)(C)C)C3)ccc(-c3cccc4c3ccn4C)c2-c2nnn(Cc3ccc(OC)cc3)n2)cc1. The third kappa shape index (κ3) is 9.34. The minimum atomic E-state index is -4.88. The first-order chi connectivity index (χ1) is 31.5. The number of benzene rings is 5. The van der Waals surface area contributed by atoms with E-state index < -0.39 is 46.6 Å². The van der Waals surface area contributed by atoms with Crippen molar-refractivity contribution in [1.29, 1.82) is 0 Å². The second-order valence-electron chi connectivity index (χ2n) is 17.0. The highest BCUT2D eigenvalue weighted by molar-refractivity contribution is 7.94. The van der Waals surface area contributed by atoms with E-state index in [-0.39, 0.29) is 44.1 Å². The van der Waals surface area contributed by atoms with Gasteiger partial charge in [0.25, 0.3) is 0 Å². The van der Waals surface area contributed by atoms with Crippen LogP contribution in [0, 0.1) is 0 Å². The van der Waals surface area contributed by atoms with Gasteiger partial charge in [0.1, 0.15) is 33.0 Å². The number of hydrogen-bond donors (Lipinski definition) is 0. The average Bonchev–Trinajstić information content (AvgIpc) is 3.91. The first-order valence-corrected chi connectivity index (χ1v) is 24.1. The molecule has 1 saturated heterocycles. The van der Waals surface area contributed by atoms with E-state index in [0.717, 1.165) is 16.5 Å². The third-order valence-electron chi connectivity index (χ3n) is 11.4. The van der Waals surface area contributed by atoms with Gasteiger partial charge >= 0.3 is 6.09 Å². The highest BCUT2D eigenvalue weighted by Gasteiger charge is 2.46. The Hall–Kier alpha value is -6.76. The summed E-state index contributed by atoms with van der Waals surface area (Å²) in [4.78, 5) is 14.7. The average molecular weight is 934 g/mol. The van der Waals surface area contributed by atoms with Gasteiger partial charge < -0.3 is 28.4 Å². The van der Waals surface area contributed by atoms with E-state index in [1.807, 2.05) is 54.2 Å². The molecule has 0 unspecified atom stereocenters. The van der Waals surface area contributed by atoms with Crippen molar-refractivity contribution >= 4 is 36.9 Å². The number of sulfone groups is 1. The predicted octanol–water partition coefficient (Wildman–Crippen LogP) is 7.36. The molecule has 0 atom stereocenters. The molecule has 0 saturated carbocycles. The Morgan fingerprint density at radius 3 is 1.83 bits per heavy atom. The summed E-state index contributed by atoms with van der Waals surface area (Å²) in [5, 5.41) is 13.3. The Morgan fingerprint density at radius 1 is 0.727 bits per heavy atom. The van der Waals surface area contributed by atoms with E-state index in [9.17, 15) is 4.79 Å². The largest absolute Gasteiger partial charge is 0.497 e. The monoisotopic (exact) mass is 933 g/mol. The maximum Gasteiger partial charge on any atom is 0.410 e. The van der Waals surface area contributed by atoms with Crippen molar-refractivity contribution in [3.05, 3.63) is 132 Å². The zero-order chi connectivity index (χ0) is 47.0. The highest BCUT2D eigenvalue weighted by Crippen LogP contribution is 2.44. The van der Waals surface area contributed by atoms with Crippen LogP contribution in [-0.2, 0) is 51.3 Å². The van der Waals surface area contributed by atoms with Gasteiger partial charge in [-0.2, -0.15) is 9.10 Å². The first kappa shape index (κ1) is 45.8. The molecule has 3 heterocycles. The fourth-order valence-electron chi connectivity index (χ4n) is 7.85. The third-order valence-corrected chi connectivity index (χ3v) is 15.5. The molecule has 344 valence electrons. The number of aryl methyl sites for hydroxylation is 1. The molecular weight excluding hydrogens is 883 g/mol. The molecule has 1 aliphatic heterocycles. The number of carbonyl (C=O) groups is 1. The maximum absolute atomic E-state index is 16.1. The number of methoxy groups -OCH3 is 3. The zero-order valence-electron chi connectivity index (χ0n) is 37.7. The maximum atomic E-state index is 16.1. The summed E-state index contributed by atoms with van der Waals surface area (Å²) < 4.78 is 87.5. The summed E-state index contributed by atoms with van der Waals surface area (Å²) in [5.41, 5.74) is 3.00. The van der Waals surface area contributed by atoms with Gasteiger partial charge in [0.05, 0.1) is 38.3 Å². The van der Waals surface area contributed by atoms with E-state index in [4.69, 9.17) is 24.0 Å². The first-order valence-electron chi connectivity index (χ1n) is 21.1. The molecule has 0 aliphatic carbocycles. The summed E-state index contributed by atoms with van der Waals surface area (Å²) in [7, 11) is -2.85. The zero-order valence-corrected chi connectivity index (χ0v) is 39.3. The summed E-state index contributed by atoms with van der Waals surface area (Å²) in [6.45, 7) is 4.57. The van der Waals surface area contributed by atoms with Crippen molar-refractivity contribution in [2.75, 3.05) is 34.4 Å². The number of carbonyl (C=O) groups excluding carboxylic acids is 1. The van der Waals surface area contributed by atoms with Crippen molar-refractivity contribution in [2.45, 2.75) is 61.0 Å². The molecule has 1 aliphatic rings. The van der Waals surface area contributed by atoms with Gasteiger partial charge in [-0.05, 0) is 108 Å². The molecule has 0 radical (unpaired) electrons. The van der Waals surface area contributed by atoms with Crippen molar-refractivity contribution < 1.29 is 40.6 Å². The Labute approximate surface area is 384 Å². The topological polar surface area (TPSA) is 177 Å². The Kier molecular flexibility index (Phi) is 12.7. The van der Waals surface area contributed by atoms with E-state index in [0.29, 0.717) is 39.5 Å². The van der Waals surface area contributed by atoms with Crippen LogP contribution in [0.2, 0.25) is 0 Å². The van der Waals surface area contributed by atoms with Crippen LogP contribution in [0.4, 0.5) is 4.79 Å². The second kappa shape index (κ2) is 18.3. The molecule has 0 bridgehead atoms. The molecule has 18 heteroatoms. The quantitative estimate of drug-likeness (QED) is 0.100. The minimum Gasteiger partial charge on any atom is -0.497 e. The Balaban J connectivity index is 1.37. The van der Waals surface area contributed by atoms with Crippen LogP contribution in [0.3, 0.4) is 0 Å². The smallest absolute Gasteiger partial charge is 0.410 e. The molecule has 16 nitrogen and oxygen atoms in total. The minimum absolute atomic E-state index is 0.0498. The summed E-state index contributed by atoms with van der Waals surface area (Å²) in [6.07, 6.45) is 1.23. The lowest BCUT2D eigenvalue weighted by Gasteiger charge is -2.39.